The Kier molecular flexibility index (Phi) is 9.63. The third-order valence-corrected chi connectivity index (χ3v) is 6.21. The molecule has 2 atom stereocenters. The van der Waals surface area contributed by atoms with Crippen molar-refractivity contribution in [3.8, 4) is 24.0 Å². The number of terminal acetylenes is 1. The molecule has 0 aliphatic heterocycles. The van der Waals surface area contributed by atoms with Crippen molar-refractivity contribution < 1.29 is 29.3 Å². The van der Waals surface area contributed by atoms with Gasteiger partial charge >= 0.3 is 6.09 Å². The molecule has 3 aromatic carbocycles. The molecule has 0 heterocycles. The van der Waals surface area contributed by atoms with E-state index in [9.17, 15) is 24.6 Å². The fourth-order valence-corrected chi connectivity index (χ4v) is 4.27. The van der Waals surface area contributed by atoms with Crippen LogP contribution in [-0.2, 0) is 20.7 Å². The van der Waals surface area contributed by atoms with Crippen molar-refractivity contribution in [2.75, 3.05) is 5.32 Å². The lowest BCUT2D eigenvalue weighted by Crippen LogP contribution is -2.51. The van der Waals surface area contributed by atoms with E-state index >= 15 is 0 Å². The molecule has 0 saturated heterocycles. The first-order chi connectivity index (χ1) is 19.3. The third kappa shape index (κ3) is 8.02. The minimum atomic E-state index is -1.45. The van der Waals surface area contributed by atoms with E-state index in [4.69, 9.17) is 11.2 Å². The lowest BCUT2D eigenvalue weighted by atomic mass is 9.99. The van der Waals surface area contributed by atoms with Gasteiger partial charge in [0.2, 0.25) is 0 Å². The first-order valence-electron chi connectivity index (χ1n) is 13.0. The highest BCUT2D eigenvalue weighted by atomic mass is 16.6. The van der Waals surface area contributed by atoms with Gasteiger partial charge in [-0.05, 0) is 69.5 Å². The van der Waals surface area contributed by atoms with Gasteiger partial charge < -0.3 is 25.6 Å². The Morgan fingerprint density at radius 3 is 2.12 bits per heavy atom. The number of nitrogens with zero attached hydrogens (tertiary/aromatic N) is 1. The molecule has 0 fully saturated rings. The number of nitrogens with one attached hydrogen (secondary N) is 2. The molecule has 214 valence electrons. The Bertz CT molecular complexity index is 1430. The molecule has 9 heteroatoms. The van der Waals surface area contributed by atoms with Gasteiger partial charge in [0.15, 0.2) is 6.04 Å². The SMILES string of the molecule is C#CN(C(=O)C(Cc1ccc(O)cc1)NC(=O)OC(C)(C)C)C(C(=O)Nc1c(C)cccc1C)c1ccccc1O. The predicted molar refractivity (Wildman–Crippen MR) is 156 cm³/mol. The summed E-state index contributed by atoms with van der Waals surface area (Å²) >= 11 is 0. The Balaban J connectivity index is 2.05. The number of aromatic hydroxyl groups is 2. The maximum absolute atomic E-state index is 14.1. The summed E-state index contributed by atoms with van der Waals surface area (Å²) in [6.07, 6.45) is 4.97. The third-order valence-electron chi connectivity index (χ3n) is 6.21. The van der Waals surface area contributed by atoms with Crippen LogP contribution in [0.15, 0.2) is 66.7 Å². The molecule has 3 rings (SSSR count). The second kappa shape index (κ2) is 12.9. The first-order valence-corrected chi connectivity index (χ1v) is 13.0. The maximum Gasteiger partial charge on any atom is 0.408 e. The number of alkyl carbamates (subject to hydrolysis) is 1. The van der Waals surface area contributed by atoms with Crippen molar-refractivity contribution in [2.24, 2.45) is 0 Å². The number of anilines is 1. The second-order valence-electron chi connectivity index (χ2n) is 10.6. The molecule has 0 radical (unpaired) electrons. The fourth-order valence-electron chi connectivity index (χ4n) is 4.27. The Hall–Kier alpha value is -4.97. The second-order valence-corrected chi connectivity index (χ2v) is 10.6. The fraction of sp³-hybridized carbons (Fsp3) is 0.281. The summed E-state index contributed by atoms with van der Waals surface area (Å²) in [5.74, 6) is -1.64. The van der Waals surface area contributed by atoms with Crippen molar-refractivity contribution >= 4 is 23.6 Å². The van der Waals surface area contributed by atoms with Crippen LogP contribution >= 0.6 is 0 Å². The summed E-state index contributed by atoms with van der Waals surface area (Å²) in [6, 6.07) is 17.3. The quantitative estimate of drug-likeness (QED) is 0.229. The average molecular weight is 558 g/mol. The lowest BCUT2D eigenvalue weighted by Gasteiger charge is -2.31. The standard InChI is InChI=1S/C32H35N3O6/c1-7-35(30(39)25(33-31(40)41-32(4,5)6)19-22-15-17-23(36)18-16-22)28(24-13-8-9-14-26(24)37)29(38)34-27-20(2)11-10-12-21(27)3/h1,8-18,25,28,36-37H,19H2,2-6H3,(H,33,40)(H,34,38). The van der Waals surface area contributed by atoms with Gasteiger partial charge in [-0.3, -0.25) is 14.5 Å². The molecule has 3 aromatic rings. The van der Waals surface area contributed by atoms with Gasteiger partial charge in [0.1, 0.15) is 23.1 Å². The minimum Gasteiger partial charge on any atom is -0.508 e. The van der Waals surface area contributed by atoms with Gasteiger partial charge in [0.25, 0.3) is 11.8 Å². The molecule has 4 N–H and O–H groups in total. The van der Waals surface area contributed by atoms with E-state index in [0.29, 0.717) is 11.3 Å². The summed E-state index contributed by atoms with van der Waals surface area (Å²) in [5.41, 5.74) is 2.01. The predicted octanol–water partition coefficient (Wildman–Crippen LogP) is 4.95. The zero-order valence-electron chi connectivity index (χ0n) is 23.8. The molecule has 0 bridgehead atoms. The summed E-state index contributed by atoms with van der Waals surface area (Å²) in [6.45, 7) is 8.72. The summed E-state index contributed by atoms with van der Waals surface area (Å²) in [4.78, 5) is 41.5. The number of rotatable bonds is 8. The smallest absolute Gasteiger partial charge is 0.408 e. The Morgan fingerprint density at radius 2 is 1.56 bits per heavy atom. The van der Waals surface area contributed by atoms with Gasteiger partial charge in [-0.2, -0.15) is 0 Å². The molecule has 41 heavy (non-hydrogen) atoms. The maximum atomic E-state index is 14.1. The number of amides is 3. The molecule has 0 spiro atoms. The van der Waals surface area contributed by atoms with Crippen LogP contribution in [0, 0.1) is 26.3 Å². The number of phenols is 2. The Morgan fingerprint density at radius 1 is 0.951 bits per heavy atom. The summed E-state index contributed by atoms with van der Waals surface area (Å²) in [5, 5.41) is 25.8. The molecule has 3 amide bonds. The van der Waals surface area contributed by atoms with Crippen LogP contribution in [0.4, 0.5) is 10.5 Å². The summed E-state index contributed by atoms with van der Waals surface area (Å²) in [7, 11) is 0. The van der Waals surface area contributed by atoms with Crippen LogP contribution < -0.4 is 10.6 Å². The lowest BCUT2D eigenvalue weighted by molar-refractivity contribution is -0.136. The number of carbonyl (C=O) groups excluding carboxylic acids is 3. The zero-order chi connectivity index (χ0) is 30.3. The molecule has 0 aliphatic rings. The number of hydrogen-bond donors (Lipinski definition) is 4. The van der Waals surface area contributed by atoms with E-state index in [0.717, 1.165) is 16.0 Å². The van der Waals surface area contributed by atoms with Gasteiger partial charge in [0, 0.05) is 23.7 Å². The molecule has 0 saturated carbocycles. The van der Waals surface area contributed by atoms with Crippen LogP contribution in [0.3, 0.4) is 0 Å². The molecule has 2 unspecified atom stereocenters. The average Bonchev–Trinajstić information content (AvgIpc) is 2.89. The highest BCUT2D eigenvalue weighted by Crippen LogP contribution is 2.31. The van der Waals surface area contributed by atoms with Crippen LogP contribution in [-0.4, -0.2) is 44.7 Å². The van der Waals surface area contributed by atoms with E-state index < -0.39 is 35.6 Å². The zero-order valence-corrected chi connectivity index (χ0v) is 23.8. The summed E-state index contributed by atoms with van der Waals surface area (Å²) < 4.78 is 5.37. The van der Waals surface area contributed by atoms with Crippen LogP contribution in [0.5, 0.6) is 11.5 Å². The van der Waals surface area contributed by atoms with E-state index in [1.54, 1.807) is 45.0 Å². The molecule has 0 aromatic heterocycles. The van der Waals surface area contributed by atoms with Gasteiger partial charge in [-0.15, -0.1) is 0 Å². The van der Waals surface area contributed by atoms with Crippen molar-refractivity contribution in [3.63, 3.8) is 0 Å². The first kappa shape index (κ1) is 30.6. The van der Waals surface area contributed by atoms with Gasteiger partial charge in [-0.1, -0.05) is 55.0 Å². The number of hydrogen-bond acceptors (Lipinski definition) is 6. The number of ether oxygens (including phenoxy) is 1. The Labute approximate surface area is 240 Å². The highest BCUT2D eigenvalue weighted by molar-refractivity contribution is 6.00. The van der Waals surface area contributed by atoms with Crippen LogP contribution in [0.2, 0.25) is 0 Å². The molecule has 9 nitrogen and oxygen atoms in total. The van der Waals surface area contributed by atoms with E-state index in [1.807, 2.05) is 32.0 Å². The molecule has 0 aliphatic carbocycles. The van der Waals surface area contributed by atoms with Gasteiger partial charge in [0.05, 0.1) is 0 Å². The van der Waals surface area contributed by atoms with Crippen molar-refractivity contribution in [1.29, 1.82) is 0 Å². The van der Waals surface area contributed by atoms with Crippen molar-refractivity contribution in [1.82, 2.24) is 10.2 Å². The van der Waals surface area contributed by atoms with Crippen LogP contribution in [0.25, 0.3) is 0 Å². The molecular formula is C32H35N3O6. The number of para-hydroxylation sites is 2. The molecular weight excluding hydrogens is 522 g/mol. The van der Waals surface area contributed by atoms with Crippen LogP contribution in [0.1, 0.15) is 49.1 Å². The van der Waals surface area contributed by atoms with E-state index in [1.165, 1.54) is 24.3 Å². The highest BCUT2D eigenvalue weighted by Gasteiger charge is 2.37. The van der Waals surface area contributed by atoms with Crippen molar-refractivity contribution in [2.45, 2.75) is 58.7 Å². The topological polar surface area (TPSA) is 128 Å². The number of benzene rings is 3. The van der Waals surface area contributed by atoms with E-state index in [-0.39, 0.29) is 23.5 Å². The minimum absolute atomic E-state index is 0.0252. The van der Waals surface area contributed by atoms with Gasteiger partial charge in [-0.25, -0.2) is 4.79 Å². The largest absolute Gasteiger partial charge is 0.508 e. The number of aryl methyl sites for hydroxylation is 2. The normalized spacial score (nSPS) is 12.4. The number of phenolic OH excluding ortho intramolecular Hbond substituents is 2. The number of carbonyl (C=O) groups is 3. The monoisotopic (exact) mass is 557 g/mol. The van der Waals surface area contributed by atoms with E-state index in [2.05, 4.69) is 16.7 Å². The van der Waals surface area contributed by atoms with Crippen molar-refractivity contribution in [3.05, 3.63) is 89.0 Å².